The molecule has 138 valence electrons. The Morgan fingerprint density at radius 2 is 1.81 bits per heavy atom. The maximum atomic E-state index is 10.8. The van der Waals surface area contributed by atoms with Crippen LogP contribution in [0.25, 0.3) is 0 Å². The highest BCUT2D eigenvalue weighted by atomic mass is 16.6. The van der Waals surface area contributed by atoms with Gasteiger partial charge in [0.05, 0.1) is 4.92 Å². The fraction of sp³-hybridized carbons (Fsp3) is 0.429. The minimum absolute atomic E-state index is 0.152. The molecule has 3 rings (SSSR count). The summed E-state index contributed by atoms with van der Waals surface area (Å²) in [6, 6.07) is 18.1. The highest BCUT2D eigenvalue weighted by Gasteiger charge is 2.28. The van der Waals surface area contributed by atoms with Gasteiger partial charge in [0.1, 0.15) is 0 Å². The average Bonchev–Trinajstić information content (AvgIpc) is 2.63. The summed E-state index contributed by atoms with van der Waals surface area (Å²) in [5.41, 5.74) is 2.65. The van der Waals surface area contributed by atoms with Crippen LogP contribution in [0.2, 0.25) is 0 Å². The van der Waals surface area contributed by atoms with Gasteiger partial charge >= 0.3 is 0 Å². The number of benzene rings is 2. The maximum Gasteiger partial charge on any atom is 0.269 e. The summed E-state index contributed by atoms with van der Waals surface area (Å²) in [7, 11) is 2.16. The van der Waals surface area contributed by atoms with Gasteiger partial charge in [0, 0.05) is 37.8 Å². The van der Waals surface area contributed by atoms with Crippen molar-refractivity contribution in [2.24, 2.45) is 5.92 Å². The molecule has 0 N–H and O–H groups in total. The topological polar surface area (TPSA) is 49.6 Å². The van der Waals surface area contributed by atoms with Gasteiger partial charge in [-0.15, -0.1) is 0 Å². The molecule has 26 heavy (non-hydrogen) atoms. The second-order valence-electron chi connectivity index (χ2n) is 7.39. The van der Waals surface area contributed by atoms with Gasteiger partial charge < -0.3 is 0 Å². The highest BCUT2D eigenvalue weighted by Crippen LogP contribution is 2.24. The predicted molar refractivity (Wildman–Crippen MR) is 104 cm³/mol. The molecule has 0 aromatic heterocycles. The molecule has 1 heterocycles. The zero-order valence-electron chi connectivity index (χ0n) is 15.5. The van der Waals surface area contributed by atoms with Crippen LogP contribution in [0.5, 0.6) is 0 Å². The van der Waals surface area contributed by atoms with Crippen LogP contribution in [-0.4, -0.2) is 40.9 Å². The van der Waals surface area contributed by atoms with Gasteiger partial charge in [0.2, 0.25) is 0 Å². The summed E-state index contributed by atoms with van der Waals surface area (Å²) in [6.45, 7) is 6.38. The highest BCUT2D eigenvalue weighted by molar-refractivity contribution is 5.32. The standard InChI is InChI=1S/C21H27N3O2/c1-17-14-23(16-18-6-4-3-5-7-18)13-12-21(17)22(2)15-19-8-10-20(11-9-19)24(25)26/h3-11,17,21H,12-16H2,1-2H3/t17-,21-/m0/s1. The van der Waals surface area contributed by atoms with E-state index in [0.717, 1.165) is 38.2 Å². The first-order valence-corrected chi connectivity index (χ1v) is 9.23. The molecule has 1 aliphatic rings. The summed E-state index contributed by atoms with van der Waals surface area (Å²) in [5.74, 6) is 0.593. The Hall–Kier alpha value is -2.24. The summed E-state index contributed by atoms with van der Waals surface area (Å²) in [5, 5.41) is 10.8. The summed E-state index contributed by atoms with van der Waals surface area (Å²) in [4.78, 5) is 15.4. The Bertz CT molecular complexity index is 718. The summed E-state index contributed by atoms with van der Waals surface area (Å²) < 4.78 is 0. The molecule has 1 aliphatic heterocycles. The third-order valence-corrected chi connectivity index (χ3v) is 5.34. The normalized spacial score (nSPS) is 21.0. The molecule has 0 bridgehead atoms. The molecule has 0 aliphatic carbocycles. The molecule has 0 unspecified atom stereocenters. The minimum Gasteiger partial charge on any atom is -0.299 e. The molecule has 2 atom stereocenters. The quantitative estimate of drug-likeness (QED) is 0.583. The molecule has 5 nitrogen and oxygen atoms in total. The van der Waals surface area contributed by atoms with E-state index >= 15 is 0 Å². The number of rotatable bonds is 6. The number of hydrogen-bond donors (Lipinski definition) is 0. The smallest absolute Gasteiger partial charge is 0.269 e. The second-order valence-corrected chi connectivity index (χ2v) is 7.39. The number of likely N-dealkylation sites (tertiary alicyclic amines) is 1. The molecular formula is C21H27N3O2. The van der Waals surface area contributed by atoms with E-state index in [4.69, 9.17) is 0 Å². The van der Waals surface area contributed by atoms with Crippen molar-refractivity contribution in [2.75, 3.05) is 20.1 Å². The van der Waals surface area contributed by atoms with E-state index < -0.39 is 0 Å². The molecule has 1 saturated heterocycles. The lowest BCUT2D eigenvalue weighted by Crippen LogP contribution is -2.48. The Labute approximate surface area is 155 Å². The van der Waals surface area contributed by atoms with Crippen molar-refractivity contribution in [3.63, 3.8) is 0 Å². The van der Waals surface area contributed by atoms with Crippen LogP contribution in [0.4, 0.5) is 5.69 Å². The first-order chi connectivity index (χ1) is 12.5. The fourth-order valence-electron chi connectivity index (χ4n) is 3.99. The lowest BCUT2D eigenvalue weighted by Gasteiger charge is -2.41. The molecule has 1 fully saturated rings. The van der Waals surface area contributed by atoms with Crippen LogP contribution in [0.1, 0.15) is 24.5 Å². The lowest BCUT2D eigenvalue weighted by atomic mass is 9.92. The average molecular weight is 353 g/mol. The predicted octanol–water partition coefficient (Wildman–Crippen LogP) is 3.94. The third kappa shape index (κ3) is 4.68. The molecule has 2 aromatic rings. The molecule has 5 heteroatoms. The number of nitro benzene ring substituents is 1. The summed E-state index contributed by atoms with van der Waals surface area (Å²) >= 11 is 0. The van der Waals surface area contributed by atoms with E-state index in [0.29, 0.717) is 12.0 Å². The lowest BCUT2D eigenvalue weighted by molar-refractivity contribution is -0.384. The largest absolute Gasteiger partial charge is 0.299 e. The van der Waals surface area contributed by atoms with Crippen LogP contribution in [0.3, 0.4) is 0 Å². The number of hydrogen-bond acceptors (Lipinski definition) is 4. The number of piperidine rings is 1. The van der Waals surface area contributed by atoms with Crippen molar-refractivity contribution in [3.8, 4) is 0 Å². The van der Waals surface area contributed by atoms with Gasteiger partial charge in [0.15, 0.2) is 0 Å². The second kappa shape index (κ2) is 8.43. The molecule has 0 saturated carbocycles. The van der Waals surface area contributed by atoms with E-state index in [1.54, 1.807) is 12.1 Å². The number of nitro groups is 1. The van der Waals surface area contributed by atoms with E-state index in [1.165, 1.54) is 5.56 Å². The van der Waals surface area contributed by atoms with Crippen LogP contribution in [-0.2, 0) is 13.1 Å². The molecule has 0 spiro atoms. The van der Waals surface area contributed by atoms with Crippen molar-refractivity contribution in [2.45, 2.75) is 32.5 Å². The van der Waals surface area contributed by atoms with Crippen LogP contribution >= 0.6 is 0 Å². The van der Waals surface area contributed by atoms with Gasteiger partial charge in [-0.2, -0.15) is 0 Å². The SMILES string of the molecule is C[C@H]1CN(Cc2ccccc2)CC[C@@H]1N(C)Cc1ccc([N+](=O)[O-])cc1. The van der Waals surface area contributed by atoms with E-state index in [1.807, 2.05) is 12.1 Å². The molecule has 0 amide bonds. The molecule has 2 aromatic carbocycles. The van der Waals surface area contributed by atoms with Gasteiger partial charge in [0.25, 0.3) is 5.69 Å². The maximum absolute atomic E-state index is 10.8. The van der Waals surface area contributed by atoms with E-state index in [-0.39, 0.29) is 10.6 Å². The Kier molecular flexibility index (Phi) is 6.01. The third-order valence-electron chi connectivity index (χ3n) is 5.34. The van der Waals surface area contributed by atoms with Crippen LogP contribution < -0.4 is 0 Å². The first-order valence-electron chi connectivity index (χ1n) is 9.23. The number of non-ortho nitro benzene ring substituents is 1. The van der Waals surface area contributed by atoms with E-state index in [9.17, 15) is 10.1 Å². The first kappa shape index (κ1) is 18.5. The molecular weight excluding hydrogens is 326 g/mol. The summed E-state index contributed by atoms with van der Waals surface area (Å²) in [6.07, 6.45) is 1.15. The van der Waals surface area contributed by atoms with E-state index in [2.05, 4.69) is 54.1 Å². The monoisotopic (exact) mass is 353 g/mol. The zero-order valence-corrected chi connectivity index (χ0v) is 15.5. The fourth-order valence-corrected chi connectivity index (χ4v) is 3.99. The van der Waals surface area contributed by atoms with Crippen molar-refractivity contribution in [1.29, 1.82) is 0 Å². The van der Waals surface area contributed by atoms with Crippen molar-refractivity contribution in [1.82, 2.24) is 9.80 Å². The van der Waals surface area contributed by atoms with Gasteiger partial charge in [-0.05, 0) is 37.1 Å². The zero-order chi connectivity index (χ0) is 18.5. The Balaban J connectivity index is 1.54. The number of nitrogens with zero attached hydrogens (tertiary/aromatic N) is 3. The minimum atomic E-state index is -0.349. The van der Waals surface area contributed by atoms with Gasteiger partial charge in [-0.25, -0.2) is 0 Å². The van der Waals surface area contributed by atoms with Crippen molar-refractivity contribution < 1.29 is 4.92 Å². The van der Waals surface area contributed by atoms with Crippen LogP contribution in [0, 0.1) is 16.0 Å². The van der Waals surface area contributed by atoms with Crippen LogP contribution in [0.15, 0.2) is 54.6 Å². The van der Waals surface area contributed by atoms with Crippen molar-refractivity contribution >= 4 is 5.69 Å². The van der Waals surface area contributed by atoms with Gasteiger partial charge in [-0.1, -0.05) is 49.4 Å². The Morgan fingerprint density at radius 1 is 1.12 bits per heavy atom. The van der Waals surface area contributed by atoms with Crippen molar-refractivity contribution in [3.05, 3.63) is 75.8 Å². The van der Waals surface area contributed by atoms with Gasteiger partial charge in [-0.3, -0.25) is 19.9 Å². The Morgan fingerprint density at radius 3 is 2.42 bits per heavy atom. The molecule has 0 radical (unpaired) electrons.